The summed E-state index contributed by atoms with van der Waals surface area (Å²) in [5.74, 6) is -0.470. The van der Waals surface area contributed by atoms with E-state index in [1.165, 1.54) is 186 Å². The Morgan fingerprint density at radius 3 is 1.26 bits per heavy atom. The summed E-state index contributed by atoms with van der Waals surface area (Å²) in [4.78, 5) is 26.2. The van der Waals surface area contributed by atoms with Crippen LogP contribution in [0.3, 0.4) is 0 Å². The number of aliphatic hydroxyl groups excluding tert-OH is 2. The maximum atomic E-state index is 13.2. The van der Waals surface area contributed by atoms with Crippen molar-refractivity contribution in [2.24, 2.45) is 0 Å². The molecule has 0 saturated carbocycles. The van der Waals surface area contributed by atoms with Crippen LogP contribution in [0.1, 0.15) is 297 Å². The van der Waals surface area contributed by atoms with Gasteiger partial charge in [0, 0.05) is 6.42 Å². The molecule has 0 spiro atoms. The largest absolute Gasteiger partial charge is 0.462 e. The van der Waals surface area contributed by atoms with Crippen LogP contribution >= 0.6 is 0 Å². The fourth-order valence-electron chi connectivity index (χ4n) is 8.58. The van der Waals surface area contributed by atoms with Crippen molar-refractivity contribution in [1.82, 2.24) is 5.32 Å². The minimum Gasteiger partial charge on any atom is -0.462 e. The van der Waals surface area contributed by atoms with Crippen molar-refractivity contribution in [2.75, 3.05) is 6.61 Å². The zero-order valence-corrected chi connectivity index (χ0v) is 41.8. The molecule has 3 atom stereocenters. The van der Waals surface area contributed by atoms with Gasteiger partial charge in [-0.1, -0.05) is 251 Å². The lowest BCUT2D eigenvalue weighted by Crippen LogP contribution is -2.46. The second-order valence-corrected chi connectivity index (χ2v) is 19.0. The summed E-state index contributed by atoms with van der Waals surface area (Å²) >= 11 is 0. The number of nitrogens with one attached hydrogen (secondary N) is 1. The van der Waals surface area contributed by atoms with E-state index in [1.807, 2.05) is 0 Å². The van der Waals surface area contributed by atoms with Gasteiger partial charge in [-0.3, -0.25) is 9.59 Å². The van der Waals surface area contributed by atoms with Crippen LogP contribution in [0.2, 0.25) is 0 Å². The molecular formula is C56H107NO5. The normalized spacial score (nSPS) is 13.3. The fourth-order valence-corrected chi connectivity index (χ4v) is 8.58. The fraction of sp³-hybridized carbons (Fsp3) is 0.893. The molecule has 6 heteroatoms. The van der Waals surface area contributed by atoms with Crippen LogP contribution in [0.5, 0.6) is 0 Å². The molecule has 0 aliphatic rings. The van der Waals surface area contributed by atoms with E-state index in [1.54, 1.807) is 0 Å². The van der Waals surface area contributed by atoms with Crippen LogP contribution in [0, 0.1) is 0 Å². The highest BCUT2D eigenvalue weighted by Gasteiger charge is 2.24. The van der Waals surface area contributed by atoms with E-state index in [0.717, 1.165) is 64.2 Å². The Hall–Kier alpha value is -1.66. The summed E-state index contributed by atoms with van der Waals surface area (Å²) in [5.41, 5.74) is 0. The number of ether oxygens (including phenoxy) is 1. The third kappa shape index (κ3) is 44.9. The summed E-state index contributed by atoms with van der Waals surface area (Å²) in [6.45, 7) is 6.48. The number of rotatable bonds is 50. The van der Waals surface area contributed by atoms with Crippen molar-refractivity contribution in [1.29, 1.82) is 0 Å². The molecular weight excluding hydrogens is 767 g/mol. The smallest absolute Gasteiger partial charge is 0.306 e. The van der Waals surface area contributed by atoms with Gasteiger partial charge in [0.05, 0.1) is 25.2 Å². The van der Waals surface area contributed by atoms with Gasteiger partial charge in [0.25, 0.3) is 0 Å². The summed E-state index contributed by atoms with van der Waals surface area (Å²) in [6, 6.07) is -0.702. The molecule has 6 nitrogen and oxygen atoms in total. The van der Waals surface area contributed by atoms with Gasteiger partial charge in [-0.25, -0.2) is 0 Å². The Balaban J connectivity index is 4.56. The topological polar surface area (TPSA) is 95.9 Å². The molecule has 366 valence electrons. The molecule has 62 heavy (non-hydrogen) atoms. The zero-order chi connectivity index (χ0) is 45.2. The summed E-state index contributed by atoms with van der Waals surface area (Å²) in [7, 11) is 0. The molecule has 0 aliphatic heterocycles. The lowest BCUT2D eigenvalue weighted by molar-refractivity contribution is -0.151. The van der Waals surface area contributed by atoms with Crippen molar-refractivity contribution in [2.45, 2.75) is 315 Å². The quantitative estimate of drug-likeness (QED) is 0.0321. The number of allylic oxidation sites excluding steroid dienone is 4. The van der Waals surface area contributed by atoms with Gasteiger partial charge in [-0.2, -0.15) is 0 Å². The highest BCUT2D eigenvalue weighted by atomic mass is 16.5. The highest BCUT2D eigenvalue weighted by Crippen LogP contribution is 2.18. The van der Waals surface area contributed by atoms with E-state index in [0.29, 0.717) is 19.3 Å². The van der Waals surface area contributed by atoms with Crippen LogP contribution in [-0.2, 0) is 14.3 Å². The number of esters is 1. The molecule has 0 fully saturated rings. The van der Waals surface area contributed by atoms with Gasteiger partial charge in [0.1, 0.15) is 6.10 Å². The van der Waals surface area contributed by atoms with E-state index < -0.39 is 18.2 Å². The molecule has 0 aromatic rings. The minimum atomic E-state index is -0.787. The Labute approximate surface area is 386 Å². The van der Waals surface area contributed by atoms with Gasteiger partial charge in [-0.15, -0.1) is 0 Å². The first-order valence-electron chi connectivity index (χ1n) is 27.6. The van der Waals surface area contributed by atoms with Crippen LogP contribution < -0.4 is 5.32 Å². The van der Waals surface area contributed by atoms with Gasteiger partial charge >= 0.3 is 5.97 Å². The Kier molecular flexibility index (Phi) is 49.0. The molecule has 0 aromatic heterocycles. The molecule has 1 amide bonds. The van der Waals surface area contributed by atoms with Crippen molar-refractivity contribution >= 4 is 11.9 Å². The number of hydrogen-bond donors (Lipinski definition) is 3. The second-order valence-electron chi connectivity index (χ2n) is 19.0. The maximum absolute atomic E-state index is 13.2. The SMILES string of the molecule is CCCCC/C=C\C/C=C\CCCCCCCC(CC(=O)NC(CO)C(O)CCCCCCCCCCCCCCC)OC(=O)CCCCCCCCCCCCCCCCC. The Bertz CT molecular complexity index is 981. The van der Waals surface area contributed by atoms with E-state index in [2.05, 4.69) is 50.4 Å². The van der Waals surface area contributed by atoms with E-state index in [4.69, 9.17) is 4.74 Å². The molecule has 0 aliphatic carbocycles. The van der Waals surface area contributed by atoms with Crippen LogP contribution in [0.4, 0.5) is 0 Å². The standard InChI is InChI=1S/C56H107NO5/c1-4-7-10-13-16-19-22-25-27-30-32-35-38-41-44-47-52(62-56(61)49-46-43-40-37-34-31-28-26-23-20-17-14-11-8-5-2)50-55(60)57-53(51-58)54(59)48-45-42-39-36-33-29-24-21-18-15-12-9-6-3/h16,19,25,27,52-54,58-59H,4-15,17-18,20-24,26,28-51H2,1-3H3,(H,57,60)/b19-16-,27-25-. The third-order valence-corrected chi connectivity index (χ3v) is 12.8. The summed E-state index contributed by atoms with van der Waals surface area (Å²) in [5, 5.41) is 23.8. The number of carbonyl (C=O) groups is 2. The summed E-state index contributed by atoms with van der Waals surface area (Å²) < 4.78 is 5.95. The number of hydrogen-bond acceptors (Lipinski definition) is 5. The molecule has 0 rings (SSSR count). The van der Waals surface area contributed by atoms with Crippen molar-refractivity contribution in [3.05, 3.63) is 24.3 Å². The zero-order valence-electron chi connectivity index (χ0n) is 41.8. The van der Waals surface area contributed by atoms with E-state index >= 15 is 0 Å². The molecule has 0 saturated heterocycles. The number of unbranched alkanes of at least 4 members (excludes halogenated alkanes) is 34. The van der Waals surface area contributed by atoms with Crippen LogP contribution in [0.15, 0.2) is 24.3 Å². The van der Waals surface area contributed by atoms with Crippen LogP contribution in [-0.4, -0.2) is 46.9 Å². The van der Waals surface area contributed by atoms with Crippen molar-refractivity contribution in [3.63, 3.8) is 0 Å². The predicted molar refractivity (Wildman–Crippen MR) is 269 cm³/mol. The second kappa shape index (κ2) is 50.3. The van der Waals surface area contributed by atoms with Gasteiger partial charge in [0.2, 0.25) is 5.91 Å². The lowest BCUT2D eigenvalue weighted by atomic mass is 10.0. The minimum absolute atomic E-state index is 0.0738. The Morgan fingerprint density at radius 1 is 0.468 bits per heavy atom. The molecule has 0 bridgehead atoms. The third-order valence-electron chi connectivity index (χ3n) is 12.8. The Morgan fingerprint density at radius 2 is 0.823 bits per heavy atom. The van der Waals surface area contributed by atoms with Gasteiger partial charge in [-0.05, 0) is 57.8 Å². The van der Waals surface area contributed by atoms with Crippen LogP contribution in [0.25, 0.3) is 0 Å². The number of amides is 1. The molecule has 3 unspecified atom stereocenters. The maximum Gasteiger partial charge on any atom is 0.306 e. The van der Waals surface area contributed by atoms with Crippen molar-refractivity contribution in [3.8, 4) is 0 Å². The molecule has 3 N–H and O–H groups in total. The van der Waals surface area contributed by atoms with E-state index in [9.17, 15) is 19.8 Å². The van der Waals surface area contributed by atoms with Gasteiger partial charge < -0.3 is 20.3 Å². The average molecular weight is 874 g/mol. The molecule has 0 heterocycles. The predicted octanol–water partition coefficient (Wildman–Crippen LogP) is 16.7. The monoisotopic (exact) mass is 874 g/mol. The van der Waals surface area contributed by atoms with E-state index in [-0.39, 0.29) is 24.9 Å². The summed E-state index contributed by atoms with van der Waals surface area (Å²) in [6.07, 6.45) is 58.1. The average Bonchev–Trinajstić information content (AvgIpc) is 3.26. The first-order chi connectivity index (χ1) is 30.5. The lowest BCUT2D eigenvalue weighted by Gasteiger charge is -2.24. The van der Waals surface area contributed by atoms with Gasteiger partial charge in [0.15, 0.2) is 0 Å². The number of aliphatic hydroxyl groups is 2. The molecule has 0 aromatic carbocycles. The highest BCUT2D eigenvalue weighted by molar-refractivity contribution is 5.77. The first kappa shape index (κ1) is 60.3. The van der Waals surface area contributed by atoms with Crippen molar-refractivity contribution < 1.29 is 24.5 Å². The molecule has 0 radical (unpaired) electrons. The number of carbonyl (C=O) groups excluding carboxylic acids is 2. The first-order valence-corrected chi connectivity index (χ1v) is 27.6.